The lowest BCUT2D eigenvalue weighted by molar-refractivity contribution is -0.143. The average molecular weight is 409 g/mol. The molecule has 1 N–H and O–H groups in total. The first kappa shape index (κ1) is 21.0. The number of carboxylic acids is 1. The van der Waals surface area contributed by atoms with Crippen LogP contribution < -0.4 is 9.47 Å². The second-order valence-corrected chi connectivity index (χ2v) is 6.83. The van der Waals surface area contributed by atoms with Gasteiger partial charge in [-0.1, -0.05) is 18.2 Å². The molecule has 3 rings (SSSR count). The molecule has 29 heavy (non-hydrogen) atoms. The second-order valence-electron chi connectivity index (χ2n) is 6.83. The van der Waals surface area contributed by atoms with Crippen molar-refractivity contribution >= 4 is 5.97 Å². The number of methoxy groups -OCH3 is 2. The summed E-state index contributed by atoms with van der Waals surface area (Å²) in [5.74, 6) is -0.246. The van der Waals surface area contributed by atoms with E-state index in [9.17, 15) is 23.1 Å². The minimum atomic E-state index is -4.58. The van der Waals surface area contributed by atoms with Crippen LogP contribution >= 0.6 is 0 Å². The van der Waals surface area contributed by atoms with Gasteiger partial charge in [0, 0.05) is 12.1 Å². The first-order valence-corrected chi connectivity index (χ1v) is 9.14. The van der Waals surface area contributed by atoms with Gasteiger partial charge in [-0.25, -0.2) is 0 Å². The third kappa shape index (κ3) is 4.17. The van der Waals surface area contributed by atoms with Crippen LogP contribution in [0.1, 0.15) is 35.6 Å². The zero-order valence-electron chi connectivity index (χ0n) is 16.1. The number of benzene rings is 2. The molecular formula is C21H22F3NO4. The Hall–Kier alpha value is -2.74. The number of carbonyl (C=O) groups is 1. The summed E-state index contributed by atoms with van der Waals surface area (Å²) in [6.45, 7) is 0.355. The Kier molecular flexibility index (Phi) is 6.02. The molecule has 1 saturated heterocycles. The highest BCUT2D eigenvalue weighted by Gasteiger charge is 2.42. The number of aliphatic carboxylic acids is 1. The van der Waals surface area contributed by atoms with Crippen LogP contribution in [0, 0.1) is 0 Å². The number of halogens is 3. The summed E-state index contributed by atoms with van der Waals surface area (Å²) < 4.78 is 52.1. The van der Waals surface area contributed by atoms with Gasteiger partial charge in [0.15, 0.2) is 0 Å². The Morgan fingerprint density at radius 1 is 1.14 bits per heavy atom. The van der Waals surface area contributed by atoms with Crippen molar-refractivity contribution in [1.29, 1.82) is 0 Å². The van der Waals surface area contributed by atoms with Gasteiger partial charge < -0.3 is 14.6 Å². The van der Waals surface area contributed by atoms with Crippen LogP contribution in [0.5, 0.6) is 11.5 Å². The summed E-state index contributed by atoms with van der Waals surface area (Å²) in [5.41, 5.74) is -0.387. The zero-order chi connectivity index (χ0) is 21.2. The van der Waals surface area contributed by atoms with E-state index >= 15 is 0 Å². The molecule has 0 aliphatic carbocycles. The lowest BCUT2D eigenvalue weighted by Crippen LogP contribution is -2.40. The highest BCUT2D eigenvalue weighted by atomic mass is 19.4. The summed E-state index contributed by atoms with van der Waals surface area (Å²) in [5, 5.41) is 9.66. The Balaban J connectivity index is 2.27. The molecule has 2 atom stereocenters. The van der Waals surface area contributed by atoms with Crippen molar-refractivity contribution in [3.05, 3.63) is 59.2 Å². The van der Waals surface area contributed by atoms with E-state index < -0.39 is 29.8 Å². The van der Waals surface area contributed by atoms with Gasteiger partial charge in [0.05, 0.1) is 25.8 Å². The van der Waals surface area contributed by atoms with Gasteiger partial charge in [0.2, 0.25) is 0 Å². The highest BCUT2D eigenvalue weighted by Crippen LogP contribution is 2.44. The Morgan fingerprint density at radius 2 is 1.86 bits per heavy atom. The summed E-state index contributed by atoms with van der Waals surface area (Å²) >= 11 is 0. The molecular weight excluding hydrogens is 387 g/mol. The maximum Gasteiger partial charge on any atom is 0.416 e. The van der Waals surface area contributed by atoms with Crippen LogP contribution in [0.25, 0.3) is 0 Å². The van der Waals surface area contributed by atoms with Crippen molar-refractivity contribution in [2.75, 3.05) is 20.8 Å². The number of ether oxygens (including phenoxy) is 2. The molecule has 1 aliphatic heterocycles. The smallest absolute Gasteiger partial charge is 0.416 e. The second kappa shape index (κ2) is 8.32. The average Bonchev–Trinajstić information content (AvgIpc) is 3.17. The van der Waals surface area contributed by atoms with E-state index in [-0.39, 0.29) is 5.56 Å². The predicted octanol–water partition coefficient (Wildman–Crippen LogP) is 4.36. The van der Waals surface area contributed by atoms with Gasteiger partial charge >= 0.3 is 12.1 Å². The topological polar surface area (TPSA) is 59.0 Å². The molecule has 1 aliphatic rings. The molecule has 1 fully saturated rings. The van der Waals surface area contributed by atoms with Gasteiger partial charge in [0.1, 0.15) is 17.5 Å². The van der Waals surface area contributed by atoms with E-state index in [1.54, 1.807) is 23.1 Å². The van der Waals surface area contributed by atoms with Crippen molar-refractivity contribution in [2.24, 2.45) is 0 Å². The van der Waals surface area contributed by atoms with Gasteiger partial charge in [-0.15, -0.1) is 0 Å². The quantitative estimate of drug-likeness (QED) is 0.768. The maximum atomic E-state index is 13.8. The number of nitrogens with zero attached hydrogens (tertiary/aromatic N) is 1. The monoisotopic (exact) mass is 409 g/mol. The molecule has 2 aromatic carbocycles. The first-order chi connectivity index (χ1) is 13.8. The third-order valence-corrected chi connectivity index (χ3v) is 5.20. The predicted molar refractivity (Wildman–Crippen MR) is 100 cm³/mol. The van der Waals surface area contributed by atoms with Crippen LogP contribution in [-0.4, -0.2) is 42.8 Å². The number of carboxylic acid groups (broad SMARTS) is 1. The summed E-state index contributed by atoms with van der Waals surface area (Å²) in [4.78, 5) is 13.4. The molecule has 8 heteroatoms. The van der Waals surface area contributed by atoms with Crippen LogP contribution in [-0.2, 0) is 11.0 Å². The van der Waals surface area contributed by atoms with Crippen LogP contribution in [0.4, 0.5) is 13.2 Å². The van der Waals surface area contributed by atoms with E-state index in [4.69, 9.17) is 9.47 Å². The summed E-state index contributed by atoms with van der Waals surface area (Å²) in [6, 6.07) is 8.27. The fraction of sp³-hybridized carbons (Fsp3) is 0.381. The summed E-state index contributed by atoms with van der Waals surface area (Å²) in [6.07, 6.45) is -3.64. The highest BCUT2D eigenvalue weighted by molar-refractivity contribution is 5.74. The third-order valence-electron chi connectivity index (χ3n) is 5.20. The zero-order valence-corrected chi connectivity index (χ0v) is 16.1. The van der Waals surface area contributed by atoms with Crippen LogP contribution in [0.2, 0.25) is 0 Å². The van der Waals surface area contributed by atoms with Crippen molar-refractivity contribution < 1.29 is 32.5 Å². The molecule has 1 heterocycles. The largest absolute Gasteiger partial charge is 0.497 e. The first-order valence-electron chi connectivity index (χ1n) is 9.14. The van der Waals surface area contributed by atoms with E-state index in [1.807, 2.05) is 0 Å². The molecule has 0 amide bonds. The Morgan fingerprint density at radius 3 is 2.48 bits per heavy atom. The van der Waals surface area contributed by atoms with Crippen molar-refractivity contribution in [3.8, 4) is 11.5 Å². The lowest BCUT2D eigenvalue weighted by Gasteiger charge is -2.34. The molecule has 5 nitrogen and oxygen atoms in total. The molecule has 0 saturated carbocycles. The molecule has 0 bridgehead atoms. The summed E-state index contributed by atoms with van der Waals surface area (Å²) in [7, 11) is 2.89. The molecule has 0 radical (unpaired) electrons. The number of rotatable bonds is 6. The standard InChI is InChI=1S/C21H22F3NO4/c1-28-13-9-10-18(29-2)15(12-13)19(25-11-5-8-17(25)20(26)27)14-6-3-4-7-16(14)21(22,23)24/h3-4,6-7,9-10,12,17,19H,5,8,11H2,1-2H3,(H,26,27). The van der Waals surface area contributed by atoms with Gasteiger partial charge in [-0.2, -0.15) is 13.2 Å². The SMILES string of the molecule is COc1ccc(OC)c(C(c2ccccc2C(F)(F)F)N2CCCC2C(=O)O)c1. The van der Waals surface area contributed by atoms with Crippen LogP contribution in [0.3, 0.4) is 0 Å². The van der Waals surface area contributed by atoms with E-state index in [0.29, 0.717) is 36.4 Å². The molecule has 2 aromatic rings. The fourth-order valence-electron chi connectivity index (χ4n) is 3.93. The number of likely N-dealkylation sites (tertiary alicyclic amines) is 1. The maximum absolute atomic E-state index is 13.8. The number of alkyl halides is 3. The number of hydrogen-bond donors (Lipinski definition) is 1. The molecule has 2 unspecified atom stereocenters. The fourth-order valence-corrected chi connectivity index (χ4v) is 3.93. The molecule has 0 spiro atoms. The molecule has 156 valence electrons. The van der Waals surface area contributed by atoms with Gasteiger partial charge in [0.25, 0.3) is 0 Å². The van der Waals surface area contributed by atoms with E-state index in [2.05, 4.69) is 0 Å². The van der Waals surface area contributed by atoms with Gasteiger partial charge in [-0.05, 0) is 42.7 Å². The lowest BCUT2D eigenvalue weighted by atomic mass is 9.91. The molecule has 0 aromatic heterocycles. The Labute approximate surface area is 166 Å². The van der Waals surface area contributed by atoms with Crippen molar-refractivity contribution in [2.45, 2.75) is 31.1 Å². The van der Waals surface area contributed by atoms with Crippen molar-refractivity contribution in [3.63, 3.8) is 0 Å². The van der Waals surface area contributed by atoms with Gasteiger partial charge in [-0.3, -0.25) is 9.69 Å². The minimum Gasteiger partial charge on any atom is -0.497 e. The normalized spacial score (nSPS) is 18.4. The minimum absolute atomic E-state index is 0.0142. The van der Waals surface area contributed by atoms with Crippen molar-refractivity contribution in [1.82, 2.24) is 4.90 Å². The number of hydrogen-bond acceptors (Lipinski definition) is 4. The van der Waals surface area contributed by atoms with E-state index in [0.717, 1.165) is 6.07 Å². The van der Waals surface area contributed by atoms with Crippen LogP contribution in [0.15, 0.2) is 42.5 Å². The Bertz CT molecular complexity index is 884. The van der Waals surface area contributed by atoms with E-state index in [1.165, 1.54) is 32.4 Å².